The van der Waals surface area contributed by atoms with Gasteiger partial charge >= 0.3 is 0 Å². The molecular weight excluding hydrogens is 210 g/mol. The fourth-order valence-corrected chi connectivity index (χ4v) is 2.01. The third-order valence-corrected chi connectivity index (χ3v) is 2.86. The van der Waals surface area contributed by atoms with Crippen LogP contribution in [0.2, 0.25) is 0 Å². The quantitative estimate of drug-likeness (QED) is 0.703. The molecule has 0 atom stereocenters. The summed E-state index contributed by atoms with van der Waals surface area (Å²) in [6.07, 6.45) is 0. The first-order valence-corrected chi connectivity index (χ1v) is 5.51. The van der Waals surface area contributed by atoms with Crippen molar-refractivity contribution in [3.05, 3.63) is 54.6 Å². The van der Waals surface area contributed by atoms with Crippen molar-refractivity contribution < 1.29 is 4.74 Å². The molecule has 0 saturated heterocycles. The van der Waals surface area contributed by atoms with Gasteiger partial charge in [0, 0.05) is 11.1 Å². The highest BCUT2D eigenvalue weighted by Crippen LogP contribution is 2.29. The Morgan fingerprint density at radius 3 is 2.71 bits per heavy atom. The Morgan fingerprint density at radius 2 is 1.94 bits per heavy atom. The lowest BCUT2D eigenvalue weighted by molar-refractivity contribution is 0.420. The number of aromatic amines is 1. The van der Waals surface area contributed by atoms with Gasteiger partial charge in [0.05, 0.1) is 12.6 Å². The molecule has 0 spiro atoms. The van der Waals surface area contributed by atoms with Crippen LogP contribution < -0.4 is 4.74 Å². The second-order valence-electron chi connectivity index (χ2n) is 3.90. The van der Waals surface area contributed by atoms with Gasteiger partial charge in [0.15, 0.2) is 0 Å². The van der Waals surface area contributed by atoms with Crippen LogP contribution in [0.15, 0.2) is 48.5 Å². The molecule has 2 aromatic carbocycles. The van der Waals surface area contributed by atoms with Gasteiger partial charge in [0.1, 0.15) is 5.75 Å². The molecule has 1 N–H and O–H groups in total. The zero-order valence-electron chi connectivity index (χ0n) is 9.53. The molecule has 0 aliphatic rings. The molecule has 0 saturated carbocycles. The van der Waals surface area contributed by atoms with E-state index in [2.05, 4.69) is 29.2 Å². The Balaban J connectivity index is 2.20. The van der Waals surface area contributed by atoms with Gasteiger partial charge in [-0.15, -0.1) is 0 Å². The number of aromatic nitrogens is 1. The predicted molar refractivity (Wildman–Crippen MR) is 69.1 cm³/mol. The largest absolute Gasteiger partial charge is 0.496 e. The number of hydrogen-bond donors (Lipinski definition) is 1. The van der Waals surface area contributed by atoms with Crippen LogP contribution in [0.3, 0.4) is 0 Å². The number of methoxy groups -OCH3 is 1. The first-order chi connectivity index (χ1) is 8.38. The monoisotopic (exact) mass is 222 g/mol. The summed E-state index contributed by atoms with van der Waals surface area (Å²) < 4.78 is 5.33. The summed E-state index contributed by atoms with van der Waals surface area (Å²) in [5, 5.41) is 1.09. The Morgan fingerprint density at radius 1 is 1.12 bits per heavy atom. The van der Waals surface area contributed by atoms with Crippen molar-refractivity contribution in [2.75, 3.05) is 7.11 Å². The summed E-state index contributed by atoms with van der Waals surface area (Å²) in [5.74, 6) is 0.848. The smallest absolute Gasteiger partial charge is 0.128 e. The second kappa shape index (κ2) is 3.98. The Kier molecular flexibility index (Phi) is 2.33. The SMILES string of the molecule is COc1c[c]cc2[nH]c(-c3ccccc3)cc12. The number of fused-ring (bicyclic) bond motifs is 1. The van der Waals surface area contributed by atoms with Crippen LogP contribution in [0, 0.1) is 6.07 Å². The molecule has 83 valence electrons. The van der Waals surface area contributed by atoms with E-state index in [1.165, 1.54) is 5.56 Å². The standard InChI is InChI=1S/C15H12NO/c1-17-15-9-5-8-13-12(15)10-14(16-13)11-6-3-2-4-7-11/h2-4,6-10,16H,1H3. The van der Waals surface area contributed by atoms with Crippen molar-refractivity contribution in [3.63, 3.8) is 0 Å². The van der Waals surface area contributed by atoms with Crippen LogP contribution in [-0.2, 0) is 0 Å². The van der Waals surface area contributed by atoms with Gasteiger partial charge in [-0.1, -0.05) is 30.3 Å². The Labute approximate surface area is 99.9 Å². The zero-order valence-corrected chi connectivity index (χ0v) is 9.53. The van der Waals surface area contributed by atoms with Crippen molar-refractivity contribution in [3.8, 4) is 17.0 Å². The predicted octanol–water partition coefficient (Wildman–Crippen LogP) is 3.64. The average Bonchev–Trinajstić information content (AvgIpc) is 2.83. The fraction of sp³-hybridized carbons (Fsp3) is 0.0667. The highest BCUT2D eigenvalue weighted by Gasteiger charge is 2.06. The molecule has 1 heterocycles. The molecule has 0 bridgehead atoms. The average molecular weight is 222 g/mol. The van der Waals surface area contributed by atoms with Crippen LogP contribution in [0.4, 0.5) is 0 Å². The van der Waals surface area contributed by atoms with E-state index in [4.69, 9.17) is 4.74 Å². The summed E-state index contributed by atoms with van der Waals surface area (Å²) in [4.78, 5) is 3.38. The number of nitrogens with one attached hydrogen (secondary N) is 1. The number of benzene rings is 2. The second-order valence-corrected chi connectivity index (χ2v) is 3.90. The molecule has 3 aromatic rings. The van der Waals surface area contributed by atoms with Crippen molar-refractivity contribution in [2.45, 2.75) is 0 Å². The molecule has 0 unspecified atom stereocenters. The normalized spacial score (nSPS) is 10.6. The lowest BCUT2D eigenvalue weighted by atomic mass is 10.1. The molecule has 0 aliphatic heterocycles. The molecule has 0 amide bonds. The fourth-order valence-electron chi connectivity index (χ4n) is 2.01. The summed E-state index contributed by atoms with van der Waals surface area (Å²) in [7, 11) is 1.68. The lowest BCUT2D eigenvalue weighted by Crippen LogP contribution is -1.81. The third-order valence-electron chi connectivity index (χ3n) is 2.86. The maximum absolute atomic E-state index is 5.33. The first-order valence-electron chi connectivity index (χ1n) is 5.51. The minimum atomic E-state index is 0.848. The van der Waals surface area contributed by atoms with Crippen LogP contribution in [0.5, 0.6) is 5.75 Å². The van der Waals surface area contributed by atoms with Crippen molar-refractivity contribution in [1.82, 2.24) is 4.98 Å². The number of hydrogen-bond acceptors (Lipinski definition) is 1. The zero-order chi connectivity index (χ0) is 11.7. The highest BCUT2D eigenvalue weighted by atomic mass is 16.5. The minimum Gasteiger partial charge on any atom is -0.496 e. The van der Waals surface area contributed by atoms with Crippen molar-refractivity contribution in [1.29, 1.82) is 0 Å². The summed E-state index contributed by atoms with van der Waals surface area (Å²) in [5.41, 5.74) is 3.31. The molecule has 3 rings (SSSR count). The number of ether oxygens (including phenoxy) is 1. The molecule has 1 aromatic heterocycles. The molecular formula is C15H12NO. The molecule has 0 fully saturated rings. The van der Waals surface area contributed by atoms with Gasteiger partial charge in [0.25, 0.3) is 0 Å². The highest BCUT2D eigenvalue weighted by molar-refractivity contribution is 5.90. The Hall–Kier alpha value is -2.22. The van der Waals surface area contributed by atoms with Gasteiger partial charge < -0.3 is 9.72 Å². The van der Waals surface area contributed by atoms with Crippen LogP contribution in [-0.4, -0.2) is 12.1 Å². The van der Waals surface area contributed by atoms with Crippen molar-refractivity contribution >= 4 is 10.9 Å². The third kappa shape index (κ3) is 1.68. The van der Waals surface area contributed by atoms with E-state index in [0.29, 0.717) is 0 Å². The Bertz CT molecular complexity index is 640. The van der Waals surface area contributed by atoms with E-state index in [0.717, 1.165) is 22.3 Å². The topological polar surface area (TPSA) is 25.0 Å². The van der Waals surface area contributed by atoms with E-state index in [1.54, 1.807) is 7.11 Å². The van der Waals surface area contributed by atoms with Gasteiger partial charge in [-0.2, -0.15) is 0 Å². The van der Waals surface area contributed by atoms with Gasteiger partial charge in [0.2, 0.25) is 0 Å². The first kappa shape index (κ1) is 9.97. The lowest BCUT2D eigenvalue weighted by Gasteiger charge is -1.98. The van der Waals surface area contributed by atoms with Gasteiger partial charge in [-0.05, 0) is 29.8 Å². The van der Waals surface area contributed by atoms with E-state index >= 15 is 0 Å². The van der Waals surface area contributed by atoms with Gasteiger partial charge in [-0.25, -0.2) is 0 Å². The van der Waals surface area contributed by atoms with Gasteiger partial charge in [-0.3, -0.25) is 0 Å². The number of H-pyrrole nitrogens is 1. The van der Waals surface area contributed by atoms with Crippen LogP contribution in [0.1, 0.15) is 0 Å². The van der Waals surface area contributed by atoms with E-state index in [9.17, 15) is 0 Å². The van der Waals surface area contributed by atoms with Crippen LogP contribution in [0.25, 0.3) is 22.2 Å². The minimum absolute atomic E-state index is 0.848. The molecule has 2 heteroatoms. The molecule has 17 heavy (non-hydrogen) atoms. The maximum Gasteiger partial charge on any atom is 0.128 e. The summed E-state index contributed by atoms with van der Waals surface area (Å²) in [6.45, 7) is 0. The molecule has 1 radical (unpaired) electrons. The van der Waals surface area contributed by atoms with E-state index in [-0.39, 0.29) is 0 Å². The maximum atomic E-state index is 5.33. The number of rotatable bonds is 2. The van der Waals surface area contributed by atoms with Crippen LogP contribution >= 0.6 is 0 Å². The van der Waals surface area contributed by atoms with E-state index in [1.807, 2.05) is 30.3 Å². The molecule has 2 nitrogen and oxygen atoms in total. The summed E-state index contributed by atoms with van der Waals surface area (Å²) >= 11 is 0. The molecule has 0 aliphatic carbocycles. The summed E-state index contributed by atoms with van der Waals surface area (Å²) in [6, 6.07) is 19.2. The van der Waals surface area contributed by atoms with E-state index < -0.39 is 0 Å². The van der Waals surface area contributed by atoms with Crippen molar-refractivity contribution in [2.24, 2.45) is 0 Å².